The Morgan fingerprint density at radius 2 is 1.54 bits per heavy atom. The van der Waals surface area contributed by atoms with E-state index in [1.54, 1.807) is 39.5 Å². The van der Waals surface area contributed by atoms with Crippen LogP contribution < -0.4 is 29.7 Å². The summed E-state index contributed by atoms with van der Waals surface area (Å²) in [6.07, 6.45) is 6.75. The predicted octanol–water partition coefficient (Wildman–Crippen LogP) is 5.20. The van der Waals surface area contributed by atoms with Gasteiger partial charge < -0.3 is 29.7 Å². The quantitative estimate of drug-likeness (QED) is 0.385. The van der Waals surface area contributed by atoms with Crippen molar-refractivity contribution in [3.63, 3.8) is 0 Å². The highest BCUT2D eigenvalue weighted by Gasteiger charge is 2.15. The number of carbonyl (C=O) groups excluding carboxylic acids is 1. The predicted molar refractivity (Wildman–Crippen MR) is 146 cm³/mol. The van der Waals surface area contributed by atoms with Crippen molar-refractivity contribution in [1.82, 2.24) is 9.97 Å². The van der Waals surface area contributed by atoms with Crippen LogP contribution in [-0.4, -0.2) is 50.3 Å². The molecule has 37 heavy (non-hydrogen) atoms. The first-order valence-electron chi connectivity index (χ1n) is 12.3. The Morgan fingerprint density at radius 1 is 0.892 bits per heavy atom. The van der Waals surface area contributed by atoms with E-state index in [1.807, 2.05) is 37.3 Å². The van der Waals surface area contributed by atoms with Gasteiger partial charge in [0.2, 0.25) is 17.6 Å². The molecule has 0 radical (unpaired) electrons. The van der Waals surface area contributed by atoms with Crippen molar-refractivity contribution in [3.05, 3.63) is 59.8 Å². The number of methoxy groups -OCH3 is 3. The molecule has 2 aromatic carbocycles. The zero-order valence-electron chi connectivity index (χ0n) is 21.7. The Hall–Kier alpha value is -4.27. The van der Waals surface area contributed by atoms with E-state index in [0.717, 1.165) is 41.8 Å². The first-order valence-corrected chi connectivity index (χ1v) is 12.3. The molecule has 4 rings (SSSR count). The highest BCUT2D eigenvalue weighted by molar-refractivity contribution is 6.02. The summed E-state index contributed by atoms with van der Waals surface area (Å²) in [4.78, 5) is 24.1. The minimum absolute atomic E-state index is 0.257. The number of hydrogen-bond acceptors (Lipinski definition) is 8. The van der Waals surface area contributed by atoms with Gasteiger partial charge in [0.05, 0.1) is 21.3 Å². The molecule has 1 aromatic heterocycles. The summed E-state index contributed by atoms with van der Waals surface area (Å²) >= 11 is 0. The summed E-state index contributed by atoms with van der Waals surface area (Å²) < 4.78 is 16.1. The average molecular weight is 504 g/mol. The van der Waals surface area contributed by atoms with Crippen molar-refractivity contribution in [2.45, 2.75) is 26.2 Å². The lowest BCUT2D eigenvalue weighted by molar-refractivity contribution is -0.111. The minimum Gasteiger partial charge on any atom is -0.493 e. The van der Waals surface area contributed by atoms with Gasteiger partial charge in [-0.1, -0.05) is 0 Å². The van der Waals surface area contributed by atoms with Crippen LogP contribution in [0.3, 0.4) is 0 Å². The number of amides is 1. The molecule has 1 fully saturated rings. The molecule has 2 N–H and O–H groups in total. The molecule has 0 unspecified atom stereocenters. The van der Waals surface area contributed by atoms with Crippen molar-refractivity contribution in [2.24, 2.45) is 0 Å². The molecule has 3 aromatic rings. The molecule has 0 saturated carbocycles. The van der Waals surface area contributed by atoms with Gasteiger partial charge in [-0.15, -0.1) is 0 Å². The standard InChI is InChI=1S/C28H33N5O4/c1-19-16-25(32-28(29-19)33-14-6-5-7-15-33)30-21-9-11-22(12-10-21)31-26(34)13-8-20-17-23(35-2)27(37-4)24(18-20)36-3/h8-13,16-18H,5-7,14-15H2,1-4H3,(H,31,34)(H,29,30,32)/b13-8+. The van der Waals surface area contributed by atoms with Crippen molar-refractivity contribution in [2.75, 3.05) is 50.0 Å². The largest absolute Gasteiger partial charge is 0.493 e. The molecule has 2 heterocycles. The maximum Gasteiger partial charge on any atom is 0.248 e. The number of nitrogens with zero attached hydrogens (tertiary/aromatic N) is 3. The van der Waals surface area contributed by atoms with Crippen molar-refractivity contribution in [1.29, 1.82) is 0 Å². The lowest BCUT2D eigenvalue weighted by Crippen LogP contribution is -2.31. The highest BCUT2D eigenvalue weighted by Crippen LogP contribution is 2.38. The minimum atomic E-state index is -0.257. The summed E-state index contributed by atoms with van der Waals surface area (Å²) in [6, 6.07) is 13.0. The van der Waals surface area contributed by atoms with Crippen LogP contribution in [-0.2, 0) is 4.79 Å². The van der Waals surface area contributed by atoms with Crippen LogP contribution in [0.25, 0.3) is 6.08 Å². The molecular formula is C28H33N5O4. The number of anilines is 4. The van der Waals surface area contributed by atoms with Gasteiger partial charge in [0, 0.05) is 42.3 Å². The number of carbonyl (C=O) groups is 1. The lowest BCUT2D eigenvalue weighted by atomic mass is 10.1. The number of nitrogens with one attached hydrogen (secondary N) is 2. The second-order valence-corrected chi connectivity index (χ2v) is 8.73. The summed E-state index contributed by atoms with van der Waals surface area (Å²) in [5.74, 6) is 2.80. The van der Waals surface area contributed by atoms with Gasteiger partial charge in [0.1, 0.15) is 5.82 Å². The number of hydrogen-bond donors (Lipinski definition) is 2. The van der Waals surface area contributed by atoms with Crippen LogP contribution in [0.5, 0.6) is 17.2 Å². The van der Waals surface area contributed by atoms with E-state index in [1.165, 1.54) is 25.3 Å². The fourth-order valence-corrected chi connectivity index (χ4v) is 4.19. The van der Waals surface area contributed by atoms with Gasteiger partial charge in [0.15, 0.2) is 11.5 Å². The van der Waals surface area contributed by atoms with Gasteiger partial charge in [-0.3, -0.25) is 4.79 Å². The Labute approximate surface area is 217 Å². The van der Waals surface area contributed by atoms with Crippen LogP contribution >= 0.6 is 0 Å². The second kappa shape index (κ2) is 12.1. The summed E-state index contributed by atoms with van der Waals surface area (Å²) in [5.41, 5.74) is 3.21. The molecular weight excluding hydrogens is 470 g/mol. The summed E-state index contributed by atoms with van der Waals surface area (Å²) in [7, 11) is 4.65. The average Bonchev–Trinajstić information content (AvgIpc) is 2.92. The molecule has 1 aliphatic heterocycles. The number of aryl methyl sites for hydroxylation is 1. The number of rotatable bonds is 9. The molecule has 0 spiro atoms. The summed E-state index contributed by atoms with van der Waals surface area (Å²) in [6.45, 7) is 3.96. The molecule has 0 atom stereocenters. The number of aromatic nitrogens is 2. The first-order chi connectivity index (χ1) is 18.0. The monoisotopic (exact) mass is 503 g/mol. The third-order valence-corrected chi connectivity index (χ3v) is 6.02. The molecule has 0 aliphatic carbocycles. The van der Waals surface area contributed by atoms with E-state index in [2.05, 4.69) is 20.5 Å². The fraction of sp³-hybridized carbons (Fsp3) is 0.321. The molecule has 1 aliphatic rings. The molecule has 9 heteroatoms. The molecule has 9 nitrogen and oxygen atoms in total. The van der Waals surface area contributed by atoms with Crippen molar-refractivity contribution in [3.8, 4) is 17.2 Å². The number of piperidine rings is 1. The highest BCUT2D eigenvalue weighted by atomic mass is 16.5. The van der Waals surface area contributed by atoms with Gasteiger partial charge in [-0.2, -0.15) is 4.98 Å². The van der Waals surface area contributed by atoms with Gasteiger partial charge in [0.25, 0.3) is 0 Å². The van der Waals surface area contributed by atoms with Crippen LogP contribution in [0.15, 0.2) is 48.5 Å². The normalized spacial score (nSPS) is 13.4. The van der Waals surface area contributed by atoms with Crippen LogP contribution in [0.4, 0.5) is 23.1 Å². The maximum atomic E-state index is 12.5. The van der Waals surface area contributed by atoms with E-state index >= 15 is 0 Å². The van der Waals surface area contributed by atoms with Gasteiger partial charge >= 0.3 is 0 Å². The SMILES string of the molecule is COc1cc(/C=C/C(=O)Nc2ccc(Nc3cc(C)nc(N4CCCCC4)n3)cc2)cc(OC)c1OC. The Kier molecular flexibility index (Phi) is 8.45. The third kappa shape index (κ3) is 6.69. The Morgan fingerprint density at radius 3 is 2.16 bits per heavy atom. The zero-order chi connectivity index (χ0) is 26.2. The van der Waals surface area contributed by atoms with Crippen LogP contribution in [0.2, 0.25) is 0 Å². The Balaban J connectivity index is 1.39. The lowest BCUT2D eigenvalue weighted by Gasteiger charge is -2.27. The first kappa shape index (κ1) is 25.8. The van der Waals surface area contributed by atoms with Gasteiger partial charge in [-0.25, -0.2) is 4.98 Å². The molecule has 0 bridgehead atoms. The zero-order valence-corrected chi connectivity index (χ0v) is 21.7. The molecule has 1 saturated heterocycles. The summed E-state index contributed by atoms with van der Waals surface area (Å²) in [5, 5.41) is 6.22. The van der Waals surface area contributed by atoms with Gasteiger partial charge in [-0.05, 0) is 74.2 Å². The smallest absolute Gasteiger partial charge is 0.248 e. The van der Waals surface area contributed by atoms with E-state index in [9.17, 15) is 4.79 Å². The number of benzene rings is 2. The van der Waals surface area contributed by atoms with E-state index in [4.69, 9.17) is 19.2 Å². The Bertz CT molecular complexity index is 1230. The fourth-order valence-electron chi connectivity index (χ4n) is 4.19. The topological polar surface area (TPSA) is 97.8 Å². The maximum absolute atomic E-state index is 12.5. The van der Waals surface area contributed by atoms with Crippen LogP contribution in [0, 0.1) is 6.92 Å². The number of ether oxygens (including phenoxy) is 3. The van der Waals surface area contributed by atoms with E-state index in [0.29, 0.717) is 22.9 Å². The van der Waals surface area contributed by atoms with Crippen molar-refractivity contribution < 1.29 is 19.0 Å². The van der Waals surface area contributed by atoms with E-state index < -0.39 is 0 Å². The second-order valence-electron chi connectivity index (χ2n) is 8.73. The third-order valence-electron chi connectivity index (χ3n) is 6.02. The van der Waals surface area contributed by atoms with Crippen molar-refractivity contribution >= 4 is 35.1 Å². The van der Waals surface area contributed by atoms with Crippen LogP contribution in [0.1, 0.15) is 30.5 Å². The molecule has 194 valence electrons. The molecule has 1 amide bonds. The van der Waals surface area contributed by atoms with E-state index in [-0.39, 0.29) is 5.91 Å².